The largest absolute Gasteiger partial charge is 0.256 e. The molecule has 0 spiro atoms. The standard InChI is InChI=1S/C54H52N2/c1-38-33-40(19-18-39-20-22-46(23-21-39)53-17-9-10-32-55-53)35-48(34-38)50-16-8-7-15-49(50)44-28-30-47(31-29-44)54-36-51(52(37-56-54)43-13-5-6-14-43)45-26-24-42(25-27-45)41-11-3-2-4-12-41/h7-10,15-17,20-37,41,43H,2-6,11-14,18-19H2,1H3/i43D. The van der Waals surface area contributed by atoms with Crippen LogP contribution in [0, 0.1) is 6.92 Å². The average molecular weight is 730 g/mol. The molecular weight excluding hydrogens is 677 g/mol. The van der Waals surface area contributed by atoms with Crippen molar-refractivity contribution >= 4 is 0 Å². The smallest absolute Gasteiger partial charge is 0.0708 e. The van der Waals surface area contributed by atoms with E-state index in [2.05, 4.69) is 139 Å². The van der Waals surface area contributed by atoms with Gasteiger partial charge >= 0.3 is 0 Å². The molecule has 2 heteroatoms. The van der Waals surface area contributed by atoms with E-state index in [9.17, 15) is 1.37 Å². The van der Waals surface area contributed by atoms with E-state index < -0.39 is 5.89 Å². The van der Waals surface area contributed by atoms with Crippen molar-refractivity contribution in [2.24, 2.45) is 0 Å². The highest BCUT2D eigenvalue weighted by Gasteiger charge is 2.23. The normalized spacial score (nSPS) is 15.8. The van der Waals surface area contributed by atoms with Crippen LogP contribution in [-0.2, 0) is 12.8 Å². The molecule has 5 aromatic carbocycles. The monoisotopic (exact) mass is 729 g/mol. The van der Waals surface area contributed by atoms with Crippen LogP contribution in [0.4, 0.5) is 0 Å². The first-order valence-electron chi connectivity index (χ1n) is 21.4. The second-order valence-electron chi connectivity index (χ2n) is 16.1. The Morgan fingerprint density at radius 2 is 1.11 bits per heavy atom. The minimum absolute atomic E-state index is 0.571. The van der Waals surface area contributed by atoms with Gasteiger partial charge in [0.25, 0.3) is 0 Å². The number of hydrogen-bond acceptors (Lipinski definition) is 2. The first-order valence-corrected chi connectivity index (χ1v) is 20.9. The van der Waals surface area contributed by atoms with Crippen LogP contribution in [0.15, 0.2) is 152 Å². The number of nitrogens with zero attached hydrogens (tertiary/aromatic N) is 2. The van der Waals surface area contributed by atoms with Gasteiger partial charge in [-0.25, -0.2) is 0 Å². The third kappa shape index (κ3) is 8.03. The fourth-order valence-electron chi connectivity index (χ4n) is 9.21. The van der Waals surface area contributed by atoms with Gasteiger partial charge in [-0.1, -0.05) is 159 Å². The minimum Gasteiger partial charge on any atom is -0.256 e. The lowest BCUT2D eigenvalue weighted by atomic mass is 9.83. The summed E-state index contributed by atoms with van der Waals surface area (Å²) in [5.74, 6) is 0.111. The quantitative estimate of drug-likeness (QED) is 0.140. The van der Waals surface area contributed by atoms with E-state index in [-0.39, 0.29) is 0 Å². The van der Waals surface area contributed by atoms with Crippen molar-refractivity contribution in [3.8, 4) is 55.9 Å². The van der Waals surface area contributed by atoms with Crippen LogP contribution in [0.5, 0.6) is 0 Å². The average Bonchev–Trinajstić information content (AvgIpc) is 3.73. The summed E-state index contributed by atoms with van der Waals surface area (Å²) >= 11 is 0. The van der Waals surface area contributed by atoms with Gasteiger partial charge in [0.05, 0.1) is 11.4 Å². The maximum atomic E-state index is 9.49. The fourth-order valence-corrected chi connectivity index (χ4v) is 9.21. The molecule has 2 saturated carbocycles. The second kappa shape index (κ2) is 16.6. The van der Waals surface area contributed by atoms with Crippen molar-refractivity contribution in [2.45, 2.75) is 89.4 Å². The predicted molar refractivity (Wildman–Crippen MR) is 235 cm³/mol. The van der Waals surface area contributed by atoms with Gasteiger partial charge in [-0.2, -0.15) is 0 Å². The van der Waals surface area contributed by atoms with Gasteiger partial charge in [0.1, 0.15) is 0 Å². The maximum absolute atomic E-state index is 9.49. The third-order valence-corrected chi connectivity index (χ3v) is 12.3. The zero-order valence-electron chi connectivity index (χ0n) is 33.7. The molecule has 2 heterocycles. The molecule has 0 saturated heterocycles. The molecule has 2 aliphatic carbocycles. The van der Waals surface area contributed by atoms with Gasteiger partial charge in [0.2, 0.25) is 0 Å². The van der Waals surface area contributed by atoms with E-state index >= 15 is 0 Å². The summed E-state index contributed by atoms with van der Waals surface area (Å²) in [6.45, 7) is 2.21. The summed E-state index contributed by atoms with van der Waals surface area (Å²) in [6.07, 6.45) is 16.5. The van der Waals surface area contributed by atoms with E-state index in [1.165, 1.54) is 87.7 Å². The van der Waals surface area contributed by atoms with Crippen LogP contribution in [0.25, 0.3) is 55.9 Å². The number of aromatic nitrogens is 2. The van der Waals surface area contributed by atoms with Crippen LogP contribution < -0.4 is 0 Å². The Morgan fingerprint density at radius 3 is 1.84 bits per heavy atom. The molecule has 2 nitrogen and oxygen atoms in total. The Morgan fingerprint density at radius 1 is 0.500 bits per heavy atom. The first kappa shape index (κ1) is 34.9. The summed E-state index contributed by atoms with van der Waals surface area (Å²) in [4.78, 5) is 9.54. The van der Waals surface area contributed by atoms with Gasteiger partial charge in [0.15, 0.2) is 0 Å². The Balaban J connectivity index is 0.968. The highest BCUT2D eigenvalue weighted by atomic mass is 14.7. The number of pyridine rings is 2. The van der Waals surface area contributed by atoms with Crippen LogP contribution >= 0.6 is 0 Å². The summed E-state index contributed by atoms with van der Waals surface area (Å²) in [5, 5.41) is 0. The van der Waals surface area contributed by atoms with Crippen LogP contribution in [0.1, 0.15) is 98.8 Å². The summed E-state index contributed by atoms with van der Waals surface area (Å²) in [6, 6.07) is 51.2. The molecule has 2 aromatic heterocycles. The van der Waals surface area contributed by atoms with Gasteiger partial charge in [-0.3, -0.25) is 9.97 Å². The first-order chi connectivity index (χ1) is 28.0. The van der Waals surface area contributed by atoms with E-state index in [0.29, 0.717) is 5.92 Å². The summed E-state index contributed by atoms with van der Waals surface area (Å²) < 4.78 is 9.49. The van der Waals surface area contributed by atoms with E-state index in [1.807, 2.05) is 24.5 Å². The lowest BCUT2D eigenvalue weighted by Gasteiger charge is -2.22. The number of hydrogen-bond donors (Lipinski definition) is 0. The topological polar surface area (TPSA) is 25.8 Å². The van der Waals surface area contributed by atoms with Gasteiger partial charge in [0, 0.05) is 24.9 Å². The molecular formula is C54H52N2. The molecule has 0 amide bonds. The zero-order valence-corrected chi connectivity index (χ0v) is 32.7. The lowest BCUT2D eigenvalue weighted by molar-refractivity contribution is 0.443. The fraction of sp³-hybridized carbons (Fsp3) is 0.259. The van der Waals surface area contributed by atoms with Crippen molar-refractivity contribution in [1.82, 2.24) is 9.97 Å². The van der Waals surface area contributed by atoms with Gasteiger partial charge < -0.3 is 0 Å². The summed E-state index contributed by atoms with van der Waals surface area (Å²) in [5.41, 5.74) is 18.0. The molecule has 278 valence electrons. The van der Waals surface area contributed by atoms with Gasteiger partial charge in [-0.15, -0.1) is 0 Å². The Kier molecular flexibility index (Phi) is 10.4. The van der Waals surface area contributed by atoms with Crippen molar-refractivity contribution in [1.29, 1.82) is 0 Å². The molecule has 2 aliphatic rings. The molecule has 2 fully saturated rings. The van der Waals surface area contributed by atoms with E-state index in [1.54, 1.807) is 0 Å². The van der Waals surface area contributed by atoms with Crippen molar-refractivity contribution in [2.75, 3.05) is 0 Å². The third-order valence-electron chi connectivity index (χ3n) is 12.3. The van der Waals surface area contributed by atoms with Crippen molar-refractivity contribution in [3.05, 3.63) is 180 Å². The molecule has 0 radical (unpaired) electrons. The molecule has 0 unspecified atom stereocenters. The number of benzene rings is 5. The molecule has 7 aromatic rings. The van der Waals surface area contributed by atoms with Crippen molar-refractivity contribution in [3.63, 3.8) is 0 Å². The number of rotatable bonds is 10. The van der Waals surface area contributed by atoms with Crippen LogP contribution in [-0.4, -0.2) is 9.97 Å². The number of aryl methyl sites for hydroxylation is 3. The molecule has 56 heavy (non-hydrogen) atoms. The maximum Gasteiger partial charge on any atom is 0.0708 e. The highest BCUT2D eigenvalue weighted by Crippen LogP contribution is 2.42. The predicted octanol–water partition coefficient (Wildman–Crippen LogP) is 14.6. The highest BCUT2D eigenvalue weighted by molar-refractivity contribution is 5.85. The van der Waals surface area contributed by atoms with E-state index in [4.69, 9.17) is 4.98 Å². The Bertz CT molecular complexity index is 2440. The summed E-state index contributed by atoms with van der Waals surface area (Å²) in [7, 11) is 0. The van der Waals surface area contributed by atoms with Gasteiger partial charge in [-0.05, 0) is 131 Å². The van der Waals surface area contributed by atoms with Crippen molar-refractivity contribution < 1.29 is 1.37 Å². The molecule has 0 aliphatic heterocycles. The minimum atomic E-state index is -0.571. The van der Waals surface area contributed by atoms with Crippen LogP contribution in [0.3, 0.4) is 0 Å². The Hall–Kier alpha value is -5.60. The molecule has 0 bridgehead atoms. The lowest BCUT2D eigenvalue weighted by Crippen LogP contribution is -2.04. The SMILES string of the molecule is [2H]C1(c2cnc(-c3ccc(-c4ccccc4-c4cc(C)cc(CCc5ccc(-c6ccccn6)cc5)c4)cc3)cc2-c2ccc(C3CCCCC3)cc2)CCCC1. The second-order valence-corrected chi connectivity index (χ2v) is 16.1. The molecule has 0 N–H and O–H groups in total. The van der Waals surface area contributed by atoms with E-state index in [0.717, 1.165) is 66.6 Å². The Labute approximate surface area is 335 Å². The molecule has 0 atom stereocenters. The zero-order chi connectivity index (χ0) is 38.6. The van der Waals surface area contributed by atoms with Crippen LogP contribution in [0.2, 0.25) is 0 Å². The molecule has 9 rings (SSSR count).